The first kappa shape index (κ1) is 10.7. The van der Waals surface area contributed by atoms with Crippen LogP contribution in [0.5, 0.6) is 0 Å². The molecule has 0 N–H and O–H groups in total. The van der Waals surface area contributed by atoms with E-state index in [1.54, 1.807) is 0 Å². The number of carbonyl (C=O) groups is 1. The van der Waals surface area contributed by atoms with Crippen molar-refractivity contribution in [1.82, 2.24) is 4.90 Å². The molecular formula is C11H20NO. The summed E-state index contributed by atoms with van der Waals surface area (Å²) in [5.41, 5.74) is 0. The summed E-state index contributed by atoms with van der Waals surface area (Å²) >= 11 is 0. The Bertz CT molecular complexity index is 148. The largest absolute Gasteiger partial charge is 0.303 e. The number of hydrogen-bond acceptors (Lipinski definition) is 2. The van der Waals surface area contributed by atoms with Crippen molar-refractivity contribution in [2.45, 2.75) is 33.1 Å². The van der Waals surface area contributed by atoms with Crippen molar-refractivity contribution in [3.05, 3.63) is 5.92 Å². The molecule has 0 spiro atoms. The van der Waals surface area contributed by atoms with E-state index < -0.39 is 0 Å². The van der Waals surface area contributed by atoms with E-state index in [1.165, 1.54) is 31.8 Å². The van der Waals surface area contributed by atoms with E-state index in [1.807, 2.05) is 0 Å². The Morgan fingerprint density at radius 1 is 1.38 bits per heavy atom. The van der Waals surface area contributed by atoms with E-state index in [0.29, 0.717) is 5.92 Å². The van der Waals surface area contributed by atoms with E-state index in [2.05, 4.69) is 18.7 Å². The van der Waals surface area contributed by atoms with E-state index >= 15 is 0 Å². The van der Waals surface area contributed by atoms with Crippen molar-refractivity contribution in [2.24, 2.45) is 5.92 Å². The zero-order valence-electron chi connectivity index (χ0n) is 8.75. The van der Waals surface area contributed by atoms with E-state index in [9.17, 15) is 4.79 Å². The van der Waals surface area contributed by atoms with Crippen LogP contribution in [0.25, 0.3) is 0 Å². The maximum atomic E-state index is 10.3. The van der Waals surface area contributed by atoms with Crippen LogP contribution in [0, 0.1) is 11.8 Å². The van der Waals surface area contributed by atoms with Gasteiger partial charge in [-0.15, -0.1) is 0 Å². The van der Waals surface area contributed by atoms with Gasteiger partial charge in [-0.1, -0.05) is 13.8 Å². The standard InChI is InChI=1S/C11H20NO/c1-10(2)9-12-6-3-11(4-7-12)5-8-13/h8,11H,3-7,9H2,1-2H3. The van der Waals surface area contributed by atoms with Crippen LogP contribution < -0.4 is 0 Å². The molecule has 0 aromatic heterocycles. The zero-order chi connectivity index (χ0) is 9.68. The predicted octanol–water partition coefficient (Wildman–Crippen LogP) is 1.90. The molecule has 75 valence electrons. The Morgan fingerprint density at radius 2 is 2.00 bits per heavy atom. The van der Waals surface area contributed by atoms with Crippen molar-refractivity contribution < 1.29 is 4.79 Å². The summed E-state index contributed by atoms with van der Waals surface area (Å²) in [6.45, 7) is 7.83. The molecule has 0 atom stereocenters. The summed E-state index contributed by atoms with van der Waals surface area (Å²) in [7, 11) is 0. The van der Waals surface area contributed by atoms with Gasteiger partial charge in [-0.2, -0.15) is 0 Å². The SMILES string of the molecule is C[C](C)CN1CCC(CC=O)CC1. The lowest BCUT2D eigenvalue weighted by atomic mass is 9.94. The highest BCUT2D eigenvalue weighted by Crippen LogP contribution is 2.20. The van der Waals surface area contributed by atoms with Gasteiger partial charge in [-0.05, 0) is 37.8 Å². The lowest BCUT2D eigenvalue weighted by Crippen LogP contribution is -2.35. The number of likely N-dealkylation sites (tertiary alicyclic amines) is 1. The summed E-state index contributed by atoms with van der Waals surface area (Å²) in [6.07, 6.45) is 4.23. The molecule has 1 heterocycles. The highest BCUT2D eigenvalue weighted by atomic mass is 16.1. The Balaban J connectivity index is 2.18. The molecule has 1 aliphatic heterocycles. The Hall–Kier alpha value is -0.370. The van der Waals surface area contributed by atoms with Crippen molar-refractivity contribution in [1.29, 1.82) is 0 Å². The number of rotatable bonds is 4. The van der Waals surface area contributed by atoms with Gasteiger partial charge in [0, 0.05) is 13.0 Å². The van der Waals surface area contributed by atoms with Gasteiger partial charge in [-0.25, -0.2) is 0 Å². The molecule has 2 heteroatoms. The third-order valence-electron chi connectivity index (χ3n) is 2.68. The molecule has 0 bridgehead atoms. The number of hydrogen-bond donors (Lipinski definition) is 0. The minimum Gasteiger partial charge on any atom is -0.303 e. The van der Waals surface area contributed by atoms with E-state index in [-0.39, 0.29) is 0 Å². The second-order valence-electron chi connectivity index (χ2n) is 4.33. The molecule has 1 radical (unpaired) electrons. The third-order valence-corrected chi connectivity index (χ3v) is 2.68. The number of aldehydes is 1. The van der Waals surface area contributed by atoms with Crippen molar-refractivity contribution in [3.8, 4) is 0 Å². The maximum absolute atomic E-state index is 10.3. The second kappa shape index (κ2) is 5.38. The minimum atomic E-state index is 0.658. The van der Waals surface area contributed by atoms with E-state index in [0.717, 1.165) is 19.3 Å². The topological polar surface area (TPSA) is 20.3 Å². The van der Waals surface area contributed by atoms with Crippen molar-refractivity contribution >= 4 is 6.29 Å². The molecule has 13 heavy (non-hydrogen) atoms. The Kier molecular flexibility index (Phi) is 4.43. The molecule has 2 nitrogen and oxygen atoms in total. The van der Waals surface area contributed by atoms with Crippen molar-refractivity contribution in [2.75, 3.05) is 19.6 Å². The molecule has 0 aromatic rings. The molecule has 0 amide bonds. The van der Waals surface area contributed by atoms with Crippen LogP contribution in [0.4, 0.5) is 0 Å². The number of piperidine rings is 1. The molecule has 0 saturated carbocycles. The molecule has 0 aliphatic carbocycles. The van der Waals surface area contributed by atoms with Crippen LogP contribution in [0.2, 0.25) is 0 Å². The average Bonchev–Trinajstić information content (AvgIpc) is 2.08. The summed E-state index contributed by atoms with van der Waals surface area (Å²) in [6, 6.07) is 0. The number of carbonyl (C=O) groups excluding carboxylic acids is 1. The van der Waals surface area contributed by atoms with Crippen LogP contribution in [-0.4, -0.2) is 30.8 Å². The lowest BCUT2D eigenvalue weighted by molar-refractivity contribution is -0.108. The van der Waals surface area contributed by atoms with Crippen LogP contribution in [0.3, 0.4) is 0 Å². The first-order valence-electron chi connectivity index (χ1n) is 5.17. The smallest absolute Gasteiger partial charge is 0.120 e. The van der Waals surface area contributed by atoms with Crippen molar-refractivity contribution in [3.63, 3.8) is 0 Å². The molecule has 1 fully saturated rings. The first-order valence-corrected chi connectivity index (χ1v) is 5.17. The van der Waals surface area contributed by atoms with Gasteiger partial charge in [0.05, 0.1) is 0 Å². The van der Waals surface area contributed by atoms with Gasteiger partial charge in [0.2, 0.25) is 0 Å². The highest BCUT2D eigenvalue weighted by molar-refractivity contribution is 5.49. The van der Waals surface area contributed by atoms with Gasteiger partial charge in [0.15, 0.2) is 0 Å². The fourth-order valence-corrected chi connectivity index (χ4v) is 1.96. The normalized spacial score (nSPS) is 20.8. The fourth-order valence-electron chi connectivity index (χ4n) is 1.96. The van der Waals surface area contributed by atoms with Gasteiger partial charge in [-0.3, -0.25) is 0 Å². The third kappa shape index (κ3) is 3.90. The molecule has 1 aliphatic rings. The van der Waals surface area contributed by atoms with Gasteiger partial charge >= 0.3 is 0 Å². The quantitative estimate of drug-likeness (QED) is 0.619. The van der Waals surface area contributed by atoms with Gasteiger partial charge < -0.3 is 9.69 Å². The van der Waals surface area contributed by atoms with Crippen LogP contribution >= 0.6 is 0 Å². The summed E-state index contributed by atoms with van der Waals surface area (Å²) in [5.74, 6) is 2.14. The second-order valence-corrected chi connectivity index (χ2v) is 4.33. The average molecular weight is 182 g/mol. The molecule has 1 rings (SSSR count). The number of nitrogens with zero attached hydrogens (tertiary/aromatic N) is 1. The predicted molar refractivity (Wildman–Crippen MR) is 54.4 cm³/mol. The minimum absolute atomic E-state index is 0.658. The maximum Gasteiger partial charge on any atom is 0.120 e. The fraction of sp³-hybridized carbons (Fsp3) is 0.818. The molecule has 0 unspecified atom stereocenters. The van der Waals surface area contributed by atoms with Gasteiger partial charge in [0.25, 0.3) is 0 Å². The van der Waals surface area contributed by atoms with E-state index in [4.69, 9.17) is 0 Å². The monoisotopic (exact) mass is 182 g/mol. The summed E-state index contributed by atoms with van der Waals surface area (Å²) < 4.78 is 0. The van der Waals surface area contributed by atoms with Gasteiger partial charge in [0.1, 0.15) is 6.29 Å². The molecule has 1 saturated heterocycles. The zero-order valence-corrected chi connectivity index (χ0v) is 8.75. The van der Waals surface area contributed by atoms with Crippen LogP contribution in [-0.2, 0) is 4.79 Å². The summed E-state index contributed by atoms with van der Waals surface area (Å²) in [5, 5.41) is 0. The summed E-state index contributed by atoms with van der Waals surface area (Å²) in [4.78, 5) is 12.8. The van der Waals surface area contributed by atoms with Crippen LogP contribution in [0.1, 0.15) is 33.1 Å². The molecular weight excluding hydrogens is 162 g/mol. The lowest BCUT2D eigenvalue weighted by Gasteiger charge is -2.32. The molecule has 0 aromatic carbocycles. The first-order chi connectivity index (χ1) is 6.22. The van der Waals surface area contributed by atoms with Crippen LogP contribution in [0.15, 0.2) is 0 Å². The Morgan fingerprint density at radius 3 is 2.46 bits per heavy atom. The highest BCUT2D eigenvalue weighted by Gasteiger charge is 2.18. The Labute approximate surface area is 81.3 Å².